The number of aliphatic imine (C=N–C) groups is 1. The van der Waals surface area contributed by atoms with Gasteiger partial charge in [-0.2, -0.15) is 4.99 Å². The Bertz CT molecular complexity index is 692. The van der Waals surface area contributed by atoms with Crippen molar-refractivity contribution in [2.75, 3.05) is 26.2 Å². The maximum absolute atomic E-state index is 12.1. The van der Waals surface area contributed by atoms with E-state index in [1.165, 1.54) is 11.8 Å². The van der Waals surface area contributed by atoms with Gasteiger partial charge < -0.3 is 9.80 Å². The Labute approximate surface area is 144 Å². The highest BCUT2D eigenvalue weighted by molar-refractivity contribution is 8.18. The van der Waals surface area contributed by atoms with Crippen LogP contribution in [-0.2, 0) is 9.59 Å². The molecule has 0 atom stereocenters. The number of halogens is 1. The number of rotatable bonds is 1. The van der Waals surface area contributed by atoms with Gasteiger partial charge in [0.1, 0.15) is 0 Å². The van der Waals surface area contributed by atoms with Crippen molar-refractivity contribution in [1.82, 2.24) is 9.80 Å². The third-order valence-corrected chi connectivity index (χ3v) is 5.07. The Morgan fingerprint density at radius 1 is 1.22 bits per heavy atom. The van der Waals surface area contributed by atoms with Crippen LogP contribution in [0.3, 0.4) is 0 Å². The van der Waals surface area contributed by atoms with Crippen LogP contribution in [0.15, 0.2) is 34.2 Å². The van der Waals surface area contributed by atoms with Gasteiger partial charge in [0.2, 0.25) is 5.91 Å². The van der Waals surface area contributed by atoms with E-state index in [1.54, 1.807) is 19.1 Å². The molecule has 1 saturated heterocycles. The van der Waals surface area contributed by atoms with Crippen molar-refractivity contribution in [3.8, 4) is 0 Å². The second-order valence-electron chi connectivity index (χ2n) is 5.35. The number of benzene rings is 1. The van der Waals surface area contributed by atoms with Crippen LogP contribution in [0.4, 0.5) is 0 Å². The molecule has 1 fully saturated rings. The Kier molecular flexibility index (Phi) is 4.73. The van der Waals surface area contributed by atoms with Gasteiger partial charge in [0, 0.05) is 38.1 Å². The van der Waals surface area contributed by atoms with Gasteiger partial charge >= 0.3 is 0 Å². The first-order valence-electron chi connectivity index (χ1n) is 7.31. The Hall–Kier alpha value is -1.79. The van der Waals surface area contributed by atoms with Crippen molar-refractivity contribution < 1.29 is 9.59 Å². The number of piperazine rings is 1. The van der Waals surface area contributed by atoms with Crippen LogP contribution in [-0.4, -0.2) is 53.0 Å². The first-order valence-corrected chi connectivity index (χ1v) is 8.51. The normalized spacial score (nSPS) is 20.2. The SMILES string of the molecule is CC(=O)N1CCN(C2=NC(=O)/C(=C/c3ccc(Cl)cc3)S2)CC1. The minimum absolute atomic E-state index is 0.0880. The van der Waals surface area contributed by atoms with E-state index in [1.807, 2.05) is 23.1 Å². The van der Waals surface area contributed by atoms with Crippen LogP contribution >= 0.6 is 23.4 Å². The van der Waals surface area contributed by atoms with E-state index in [0.29, 0.717) is 36.1 Å². The third-order valence-electron chi connectivity index (χ3n) is 3.77. The number of hydrogen-bond acceptors (Lipinski definition) is 4. The minimum Gasteiger partial charge on any atom is -0.347 e. The molecule has 2 aliphatic rings. The summed E-state index contributed by atoms with van der Waals surface area (Å²) in [5.74, 6) is -0.126. The fourth-order valence-electron chi connectivity index (χ4n) is 2.46. The van der Waals surface area contributed by atoms with Crippen LogP contribution in [0.2, 0.25) is 5.02 Å². The molecular formula is C16H16ClN3O2S. The summed E-state index contributed by atoms with van der Waals surface area (Å²) in [6, 6.07) is 7.32. The van der Waals surface area contributed by atoms with E-state index in [0.717, 1.165) is 10.7 Å². The summed E-state index contributed by atoms with van der Waals surface area (Å²) < 4.78 is 0. The smallest absolute Gasteiger partial charge is 0.286 e. The average Bonchev–Trinajstić information content (AvgIpc) is 2.91. The highest BCUT2D eigenvalue weighted by Gasteiger charge is 2.28. The van der Waals surface area contributed by atoms with E-state index in [-0.39, 0.29) is 11.8 Å². The number of nitrogens with zero attached hydrogens (tertiary/aromatic N) is 3. The summed E-state index contributed by atoms with van der Waals surface area (Å²) >= 11 is 7.25. The monoisotopic (exact) mass is 349 g/mol. The Morgan fingerprint density at radius 3 is 2.48 bits per heavy atom. The van der Waals surface area contributed by atoms with Crippen LogP contribution in [0, 0.1) is 0 Å². The zero-order valence-electron chi connectivity index (χ0n) is 12.7. The highest BCUT2D eigenvalue weighted by atomic mass is 35.5. The van der Waals surface area contributed by atoms with E-state index < -0.39 is 0 Å². The lowest BCUT2D eigenvalue weighted by Gasteiger charge is -2.34. The zero-order valence-corrected chi connectivity index (χ0v) is 14.2. The lowest BCUT2D eigenvalue weighted by Crippen LogP contribution is -2.49. The molecule has 2 amide bonds. The third kappa shape index (κ3) is 3.76. The summed E-state index contributed by atoms with van der Waals surface area (Å²) in [6.45, 7) is 4.31. The summed E-state index contributed by atoms with van der Waals surface area (Å²) in [4.78, 5) is 32.1. The van der Waals surface area contributed by atoms with Gasteiger partial charge in [0.15, 0.2) is 5.17 Å². The van der Waals surface area contributed by atoms with Gasteiger partial charge in [-0.25, -0.2) is 0 Å². The largest absolute Gasteiger partial charge is 0.347 e. The fourth-order valence-corrected chi connectivity index (χ4v) is 3.55. The number of carbonyl (C=O) groups is 2. The van der Waals surface area contributed by atoms with Crippen molar-refractivity contribution in [3.63, 3.8) is 0 Å². The number of thioether (sulfide) groups is 1. The number of amides is 2. The average molecular weight is 350 g/mol. The van der Waals surface area contributed by atoms with E-state index in [2.05, 4.69) is 9.89 Å². The molecule has 2 heterocycles. The molecule has 0 spiro atoms. The maximum atomic E-state index is 12.1. The van der Waals surface area contributed by atoms with Gasteiger partial charge in [-0.1, -0.05) is 23.7 Å². The molecule has 0 aliphatic carbocycles. The molecular weight excluding hydrogens is 334 g/mol. The van der Waals surface area contributed by atoms with E-state index in [9.17, 15) is 9.59 Å². The number of amidine groups is 1. The molecule has 1 aromatic carbocycles. The van der Waals surface area contributed by atoms with Gasteiger partial charge in [-0.05, 0) is 35.5 Å². The molecule has 0 bridgehead atoms. The molecule has 5 nitrogen and oxygen atoms in total. The van der Waals surface area contributed by atoms with Crippen LogP contribution in [0.5, 0.6) is 0 Å². The minimum atomic E-state index is -0.214. The lowest BCUT2D eigenvalue weighted by atomic mass is 10.2. The first kappa shape index (κ1) is 16.1. The summed E-state index contributed by atoms with van der Waals surface area (Å²) in [7, 11) is 0. The lowest BCUT2D eigenvalue weighted by molar-refractivity contribution is -0.130. The van der Waals surface area contributed by atoms with Crippen LogP contribution in [0.25, 0.3) is 6.08 Å². The fraction of sp³-hybridized carbons (Fsp3) is 0.312. The molecule has 0 aromatic heterocycles. The van der Waals surface area contributed by atoms with E-state index in [4.69, 9.17) is 11.6 Å². The molecule has 0 unspecified atom stereocenters. The van der Waals surface area contributed by atoms with E-state index >= 15 is 0 Å². The maximum Gasteiger partial charge on any atom is 0.286 e. The summed E-state index contributed by atoms with van der Waals surface area (Å²) in [6.07, 6.45) is 1.83. The molecule has 23 heavy (non-hydrogen) atoms. The van der Waals surface area contributed by atoms with Crippen molar-refractivity contribution in [3.05, 3.63) is 39.8 Å². The molecule has 1 aromatic rings. The van der Waals surface area contributed by atoms with Gasteiger partial charge in [-0.3, -0.25) is 9.59 Å². The standard InChI is InChI=1S/C16H16ClN3O2S/c1-11(21)19-6-8-20(9-7-19)16-18-15(22)14(23-16)10-12-2-4-13(17)5-3-12/h2-5,10H,6-9H2,1H3/b14-10-. The van der Waals surface area contributed by atoms with Crippen molar-refractivity contribution in [1.29, 1.82) is 0 Å². The molecule has 3 rings (SSSR count). The molecule has 7 heteroatoms. The highest BCUT2D eigenvalue weighted by Crippen LogP contribution is 2.30. The second-order valence-corrected chi connectivity index (χ2v) is 6.80. The van der Waals surface area contributed by atoms with Crippen molar-refractivity contribution in [2.24, 2.45) is 4.99 Å². The van der Waals surface area contributed by atoms with Gasteiger partial charge in [0.25, 0.3) is 5.91 Å². The molecule has 0 saturated carbocycles. The molecule has 120 valence electrons. The zero-order chi connectivity index (χ0) is 16.4. The first-order chi connectivity index (χ1) is 11.0. The van der Waals surface area contributed by atoms with Gasteiger partial charge in [0.05, 0.1) is 4.91 Å². The quantitative estimate of drug-likeness (QED) is 0.731. The predicted molar refractivity (Wildman–Crippen MR) is 93.3 cm³/mol. The topological polar surface area (TPSA) is 53.0 Å². The molecule has 2 aliphatic heterocycles. The predicted octanol–water partition coefficient (Wildman–Crippen LogP) is 2.47. The number of hydrogen-bond donors (Lipinski definition) is 0. The van der Waals surface area contributed by atoms with Crippen LogP contribution < -0.4 is 0 Å². The Morgan fingerprint density at radius 2 is 1.87 bits per heavy atom. The van der Waals surface area contributed by atoms with Crippen molar-refractivity contribution >= 4 is 46.4 Å². The van der Waals surface area contributed by atoms with Gasteiger partial charge in [-0.15, -0.1) is 0 Å². The van der Waals surface area contributed by atoms with Crippen LogP contribution in [0.1, 0.15) is 12.5 Å². The van der Waals surface area contributed by atoms with Crippen molar-refractivity contribution in [2.45, 2.75) is 6.92 Å². The molecule has 0 radical (unpaired) electrons. The number of carbonyl (C=O) groups excluding carboxylic acids is 2. The summed E-state index contributed by atoms with van der Waals surface area (Å²) in [5, 5.41) is 1.39. The second kappa shape index (κ2) is 6.76. The Balaban J connectivity index is 1.66. The molecule has 0 N–H and O–H groups in total. The summed E-state index contributed by atoms with van der Waals surface area (Å²) in [5.41, 5.74) is 0.920.